The lowest BCUT2D eigenvalue weighted by Crippen LogP contribution is -2.15. The third-order valence-corrected chi connectivity index (χ3v) is 7.88. The molecule has 5 rings (SSSR count). The average molecular weight is 495 g/mol. The van der Waals surface area contributed by atoms with Gasteiger partial charge < -0.3 is 10.1 Å². The molecule has 1 atom stereocenters. The zero-order chi connectivity index (χ0) is 24.7. The maximum absolute atomic E-state index is 13.6. The summed E-state index contributed by atoms with van der Waals surface area (Å²) in [6, 6.07) is 14.1. The minimum Gasteiger partial charge on any atom is -0.495 e. The van der Waals surface area contributed by atoms with E-state index in [9.17, 15) is 17.6 Å². The van der Waals surface area contributed by atoms with E-state index in [0.717, 1.165) is 0 Å². The van der Waals surface area contributed by atoms with Crippen LogP contribution in [0, 0.1) is 12.7 Å². The smallest absolute Gasteiger partial charge is 0.256 e. The zero-order valence-electron chi connectivity index (χ0n) is 19.2. The summed E-state index contributed by atoms with van der Waals surface area (Å²) in [5, 5.41) is 8.02. The van der Waals surface area contributed by atoms with Crippen LogP contribution in [0.15, 0.2) is 54.6 Å². The van der Waals surface area contributed by atoms with Crippen molar-refractivity contribution in [3.63, 3.8) is 0 Å². The van der Waals surface area contributed by atoms with Gasteiger partial charge in [-0.25, -0.2) is 22.5 Å². The van der Waals surface area contributed by atoms with Crippen LogP contribution in [-0.4, -0.2) is 47.7 Å². The summed E-state index contributed by atoms with van der Waals surface area (Å²) in [7, 11) is -1.65. The first kappa shape index (κ1) is 23.0. The van der Waals surface area contributed by atoms with Gasteiger partial charge in [0.05, 0.1) is 52.7 Å². The minimum absolute atomic E-state index is 0.0333. The lowest BCUT2D eigenvalue weighted by molar-refractivity contribution is 0.102. The molecule has 2 aromatic carbocycles. The molecule has 1 aliphatic heterocycles. The highest BCUT2D eigenvalue weighted by atomic mass is 32.2. The number of rotatable bonds is 5. The molecule has 2 aromatic heterocycles. The number of benzene rings is 2. The summed E-state index contributed by atoms with van der Waals surface area (Å²) in [6.45, 7) is 1.77. The van der Waals surface area contributed by atoms with Gasteiger partial charge in [0.15, 0.2) is 15.5 Å². The molecule has 35 heavy (non-hydrogen) atoms. The highest BCUT2D eigenvalue weighted by molar-refractivity contribution is 7.91. The molecule has 1 N–H and O–H groups in total. The number of ether oxygens (including phenoxy) is 1. The van der Waals surface area contributed by atoms with E-state index in [0.29, 0.717) is 51.4 Å². The second kappa shape index (κ2) is 8.77. The van der Waals surface area contributed by atoms with Gasteiger partial charge in [0, 0.05) is 5.56 Å². The van der Waals surface area contributed by atoms with Crippen LogP contribution in [0.3, 0.4) is 0 Å². The summed E-state index contributed by atoms with van der Waals surface area (Å²) in [6.07, 6.45) is 0.420. The molecule has 0 radical (unpaired) electrons. The van der Waals surface area contributed by atoms with E-state index in [1.807, 2.05) is 0 Å². The molecule has 0 bridgehead atoms. The molecule has 1 unspecified atom stereocenters. The number of hydrogen-bond donors (Lipinski definition) is 1. The first-order chi connectivity index (χ1) is 16.8. The van der Waals surface area contributed by atoms with E-state index >= 15 is 0 Å². The molecule has 180 valence electrons. The first-order valence-electron chi connectivity index (χ1n) is 11.1. The lowest BCUT2D eigenvalue weighted by atomic mass is 10.0. The van der Waals surface area contributed by atoms with Gasteiger partial charge in [-0.3, -0.25) is 4.79 Å². The summed E-state index contributed by atoms with van der Waals surface area (Å²) >= 11 is 0. The van der Waals surface area contributed by atoms with Gasteiger partial charge >= 0.3 is 0 Å². The van der Waals surface area contributed by atoms with E-state index in [-0.39, 0.29) is 23.4 Å². The minimum atomic E-state index is -3.17. The van der Waals surface area contributed by atoms with Crippen molar-refractivity contribution in [1.29, 1.82) is 0 Å². The summed E-state index contributed by atoms with van der Waals surface area (Å²) in [4.78, 5) is 18.3. The molecular formula is C25H23FN4O4S. The Labute approximate surface area is 201 Å². The molecule has 1 saturated heterocycles. The number of carbonyl (C=O) groups excluding carboxylic acids is 1. The van der Waals surface area contributed by atoms with Gasteiger partial charge in [-0.15, -0.1) is 0 Å². The quantitative estimate of drug-likeness (QED) is 0.447. The molecule has 4 aromatic rings. The number of methoxy groups -OCH3 is 1. The van der Waals surface area contributed by atoms with Crippen molar-refractivity contribution in [3.05, 3.63) is 71.7 Å². The molecule has 1 amide bonds. The molecule has 3 heterocycles. The highest BCUT2D eigenvalue weighted by Gasteiger charge is 2.32. The number of fused-ring (bicyclic) bond motifs is 1. The summed E-state index contributed by atoms with van der Waals surface area (Å²) in [5.41, 5.74) is 2.86. The topological polar surface area (TPSA) is 103 Å². The van der Waals surface area contributed by atoms with Gasteiger partial charge in [0.25, 0.3) is 5.91 Å². The summed E-state index contributed by atoms with van der Waals surface area (Å²) < 4.78 is 44.8. The fourth-order valence-corrected chi connectivity index (χ4v) is 6.11. The van der Waals surface area contributed by atoms with Gasteiger partial charge in [-0.2, -0.15) is 5.10 Å². The second-order valence-electron chi connectivity index (χ2n) is 8.50. The van der Waals surface area contributed by atoms with Crippen LogP contribution in [0.1, 0.15) is 28.5 Å². The molecule has 8 nitrogen and oxygen atoms in total. The van der Waals surface area contributed by atoms with E-state index < -0.39 is 15.7 Å². The van der Waals surface area contributed by atoms with Crippen molar-refractivity contribution >= 4 is 32.5 Å². The van der Waals surface area contributed by atoms with Gasteiger partial charge in [0.2, 0.25) is 0 Å². The van der Waals surface area contributed by atoms with Gasteiger partial charge in [-0.05, 0) is 55.8 Å². The van der Waals surface area contributed by atoms with E-state index in [1.54, 1.807) is 54.1 Å². The Morgan fingerprint density at radius 3 is 2.60 bits per heavy atom. The molecule has 0 spiro atoms. The Balaban J connectivity index is 1.68. The number of hydrogen-bond acceptors (Lipinski definition) is 6. The Morgan fingerprint density at radius 1 is 1.17 bits per heavy atom. The van der Waals surface area contributed by atoms with Crippen molar-refractivity contribution in [3.8, 4) is 17.0 Å². The van der Waals surface area contributed by atoms with Crippen LogP contribution >= 0.6 is 0 Å². The zero-order valence-corrected chi connectivity index (χ0v) is 20.0. The molecular weight excluding hydrogens is 471 g/mol. The van der Waals surface area contributed by atoms with Crippen molar-refractivity contribution in [2.24, 2.45) is 0 Å². The Hall–Kier alpha value is -3.79. The highest BCUT2D eigenvalue weighted by Crippen LogP contribution is 2.33. The molecule has 1 fully saturated rings. The van der Waals surface area contributed by atoms with Crippen LogP contribution in [0.5, 0.6) is 5.75 Å². The van der Waals surface area contributed by atoms with Crippen molar-refractivity contribution in [2.75, 3.05) is 23.9 Å². The van der Waals surface area contributed by atoms with Crippen LogP contribution in [0.2, 0.25) is 0 Å². The monoisotopic (exact) mass is 494 g/mol. The number of nitrogens with zero attached hydrogens (tertiary/aromatic N) is 3. The Bertz CT molecular complexity index is 1550. The Kier molecular flexibility index (Phi) is 5.76. The van der Waals surface area contributed by atoms with Gasteiger partial charge in [-0.1, -0.05) is 12.1 Å². The second-order valence-corrected chi connectivity index (χ2v) is 10.7. The third kappa shape index (κ3) is 4.37. The number of carbonyl (C=O) groups is 1. The number of anilines is 1. The van der Waals surface area contributed by atoms with E-state index in [1.165, 1.54) is 19.2 Å². The average Bonchev–Trinajstić information content (AvgIpc) is 3.38. The predicted molar refractivity (Wildman–Crippen MR) is 131 cm³/mol. The lowest BCUT2D eigenvalue weighted by Gasteiger charge is -2.13. The predicted octanol–water partition coefficient (Wildman–Crippen LogP) is 4.17. The molecule has 0 saturated carbocycles. The van der Waals surface area contributed by atoms with Crippen LogP contribution in [0.4, 0.5) is 10.1 Å². The van der Waals surface area contributed by atoms with Crippen LogP contribution in [-0.2, 0) is 9.84 Å². The standard InChI is InChI=1S/C25H23FN4O4S/c1-15-23-19(25(31)28-20-5-3-4-6-22(20)34-2)13-21(16-7-9-17(26)10-8-16)27-24(23)30(29-15)18-11-12-35(32,33)14-18/h3-10,13,18H,11-12,14H2,1-2H3,(H,28,31). The fraction of sp³-hybridized carbons (Fsp3) is 0.240. The number of halogens is 1. The number of para-hydroxylation sites is 2. The van der Waals surface area contributed by atoms with Crippen molar-refractivity contribution in [2.45, 2.75) is 19.4 Å². The molecule has 1 aliphatic rings. The maximum atomic E-state index is 13.6. The van der Waals surface area contributed by atoms with Crippen molar-refractivity contribution in [1.82, 2.24) is 14.8 Å². The fourth-order valence-electron chi connectivity index (χ4n) is 4.42. The SMILES string of the molecule is COc1ccccc1NC(=O)c1cc(-c2ccc(F)cc2)nc2c1c(C)nn2C1CCS(=O)(=O)C1. The summed E-state index contributed by atoms with van der Waals surface area (Å²) in [5.74, 6) is -0.230. The number of aryl methyl sites for hydroxylation is 1. The molecule has 0 aliphatic carbocycles. The largest absolute Gasteiger partial charge is 0.495 e. The first-order valence-corrected chi connectivity index (χ1v) is 12.9. The van der Waals surface area contributed by atoms with E-state index in [4.69, 9.17) is 9.72 Å². The normalized spacial score (nSPS) is 16.9. The third-order valence-electron chi connectivity index (χ3n) is 6.13. The number of nitrogens with one attached hydrogen (secondary N) is 1. The number of aromatic nitrogens is 3. The van der Waals surface area contributed by atoms with E-state index in [2.05, 4.69) is 10.4 Å². The van der Waals surface area contributed by atoms with Crippen LogP contribution < -0.4 is 10.1 Å². The number of pyridine rings is 1. The molecule has 10 heteroatoms. The maximum Gasteiger partial charge on any atom is 0.256 e. The Morgan fingerprint density at radius 2 is 1.91 bits per heavy atom. The van der Waals surface area contributed by atoms with Gasteiger partial charge in [0.1, 0.15) is 11.6 Å². The van der Waals surface area contributed by atoms with Crippen molar-refractivity contribution < 1.29 is 22.3 Å². The number of sulfone groups is 1. The van der Waals surface area contributed by atoms with Crippen LogP contribution in [0.25, 0.3) is 22.3 Å². The number of amides is 1.